The molecule has 0 bridgehead atoms. The summed E-state index contributed by atoms with van der Waals surface area (Å²) >= 11 is 0. The molecular weight excluding hydrogens is 445 g/mol. The van der Waals surface area contributed by atoms with E-state index in [1.54, 1.807) is 0 Å². The number of ether oxygens (including phenoxy) is 1. The molecule has 1 aromatic heterocycles. The molecule has 1 N–H and O–H groups in total. The van der Waals surface area contributed by atoms with Crippen molar-refractivity contribution in [3.8, 4) is 0 Å². The number of pyridine rings is 1. The van der Waals surface area contributed by atoms with Gasteiger partial charge in [0, 0.05) is 51.9 Å². The van der Waals surface area contributed by atoms with Gasteiger partial charge in [0.2, 0.25) is 0 Å². The molecule has 0 aliphatic carbocycles. The van der Waals surface area contributed by atoms with Crippen molar-refractivity contribution in [1.29, 1.82) is 0 Å². The highest BCUT2D eigenvalue weighted by atomic mass is 127. The van der Waals surface area contributed by atoms with E-state index in [4.69, 9.17) is 4.99 Å². The summed E-state index contributed by atoms with van der Waals surface area (Å²) in [4.78, 5) is 24.8. The van der Waals surface area contributed by atoms with E-state index in [0.717, 1.165) is 63.9 Å². The topological polar surface area (TPSA) is 70.1 Å². The summed E-state index contributed by atoms with van der Waals surface area (Å²) in [7, 11) is 1.42. The number of unbranched alkanes of at least 4 members (excludes halogenated alkanes) is 1. The highest BCUT2D eigenvalue weighted by Crippen LogP contribution is 2.12. The number of guanidine groups is 1. The molecule has 146 valence electrons. The van der Waals surface area contributed by atoms with E-state index in [0.29, 0.717) is 6.42 Å². The molecule has 0 radical (unpaired) electrons. The first-order chi connectivity index (χ1) is 12.2. The lowest BCUT2D eigenvalue weighted by atomic mass is 10.2. The molecule has 26 heavy (non-hydrogen) atoms. The Morgan fingerprint density at radius 2 is 2.04 bits per heavy atom. The van der Waals surface area contributed by atoms with Gasteiger partial charge in [-0.25, -0.2) is 4.98 Å². The zero-order valence-corrected chi connectivity index (χ0v) is 18.0. The van der Waals surface area contributed by atoms with E-state index in [-0.39, 0.29) is 29.9 Å². The van der Waals surface area contributed by atoms with Crippen LogP contribution in [0.2, 0.25) is 0 Å². The van der Waals surface area contributed by atoms with Crippen molar-refractivity contribution >= 4 is 41.7 Å². The molecule has 0 spiro atoms. The molecule has 1 aliphatic rings. The van der Waals surface area contributed by atoms with Crippen molar-refractivity contribution in [2.24, 2.45) is 4.99 Å². The van der Waals surface area contributed by atoms with Crippen LogP contribution < -0.4 is 10.2 Å². The summed E-state index contributed by atoms with van der Waals surface area (Å²) in [6.45, 7) is 7.36. The zero-order valence-electron chi connectivity index (χ0n) is 15.7. The second-order valence-corrected chi connectivity index (χ2v) is 5.93. The van der Waals surface area contributed by atoms with Gasteiger partial charge in [0.05, 0.1) is 7.11 Å². The minimum absolute atomic E-state index is 0. The van der Waals surface area contributed by atoms with Crippen LogP contribution in [0.5, 0.6) is 0 Å². The molecule has 0 aromatic carbocycles. The van der Waals surface area contributed by atoms with E-state index in [9.17, 15) is 4.79 Å². The number of anilines is 1. The van der Waals surface area contributed by atoms with Crippen LogP contribution in [0.1, 0.15) is 26.2 Å². The van der Waals surface area contributed by atoms with E-state index >= 15 is 0 Å². The summed E-state index contributed by atoms with van der Waals surface area (Å²) in [6, 6.07) is 6.01. The SMILES string of the molecule is CCNC(=NCCCCC(=O)OC)N1CCN(c2ccccn2)CC1.I. The molecular formula is C18H30IN5O2. The Bertz CT molecular complexity index is 548. The molecule has 1 fully saturated rings. The van der Waals surface area contributed by atoms with Crippen molar-refractivity contribution < 1.29 is 9.53 Å². The fraction of sp³-hybridized carbons (Fsp3) is 0.611. The number of hydrogen-bond acceptors (Lipinski definition) is 5. The molecule has 1 aromatic rings. The normalized spacial score (nSPS) is 14.6. The van der Waals surface area contributed by atoms with Crippen LogP contribution in [0.3, 0.4) is 0 Å². The van der Waals surface area contributed by atoms with Gasteiger partial charge in [0.1, 0.15) is 5.82 Å². The summed E-state index contributed by atoms with van der Waals surface area (Å²) in [5.41, 5.74) is 0. The van der Waals surface area contributed by atoms with Crippen LogP contribution in [0.25, 0.3) is 0 Å². The molecule has 1 aliphatic heterocycles. The average Bonchev–Trinajstić information content (AvgIpc) is 2.67. The van der Waals surface area contributed by atoms with E-state index in [1.807, 2.05) is 18.3 Å². The average molecular weight is 475 g/mol. The third-order valence-corrected chi connectivity index (χ3v) is 4.17. The number of nitrogens with one attached hydrogen (secondary N) is 1. The lowest BCUT2D eigenvalue weighted by molar-refractivity contribution is -0.140. The van der Waals surface area contributed by atoms with Crippen LogP contribution in [-0.2, 0) is 9.53 Å². The quantitative estimate of drug-likeness (QED) is 0.214. The molecule has 0 amide bonds. The van der Waals surface area contributed by atoms with Crippen LogP contribution in [-0.4, -0.2) is 68.2 Å². The number of hydrogen-bond donors (Lipinski definition) is 1. The first-order valence-electron chi connectivity index (χ1n) is 9.00. The predicted molar refractivity (Wildman–Crippen MR) is 115 cm³/mol. The van der Waals surface area contributed by atoms with Crippen molar-refractivity contribution in [3.63, 3.8) is 0 Å². The third kappa shape index (κ3) is 7.35. The van der Waals surface area contributed by atoms with Gasteiger partial charge in [-0.15, -0.1) is 24.0 Å². The smallest absolute Gasteiger partial charge is 0.305 e. The lowest BCUT2D eigenvalue weighted by Gasteiger charge is -2.37. The standard InChI is InChI=1S/C18H29N5O2.HI/c1-3-19-18(21-11-7-5-9-17(24)25-2)23-14-12-22(13-15-23)16-8-4-6-10-20-16;/h4,6,8,10H,3,5,7,9,11-15H2,1-2H3,(H,19,21);1H. The fourth-order valence-corrected chi connectivity index (χ4v) is 2.78. The van der Waals surface area contributed by atoms with Crippen molar-refractivity contribution in [1.82, 2.24) is 15.2 Å². The number of methoxy groups -OCH3 is 1. The highest BCUT2D eigenvalue weighted by molar-refractivity contribution is 14.0. The number of carbonyl (C=O) groups is 1. The largest absolute Gasteiger partial charge is 0.469 e. The van der Waals surface area contributed by atoms with E-state index < -0.39 is 0 Å². The Labute approximate surface area is 173 Å². The molecule has 2 rings (SSSR count). The number of aromatic nitrogens is 1. The number of carbonyl (C=O) groups excluding carboxylic acids is 1. The molecule has 2 heterocycles. The van der Waals surface area contributed by atoms with Crippen LogP contribution in [0, 0.1) is 0 Å². The van der Waals surface area contributed by atoms with Crippen molar-refractivity contribution in [2.75, 3.05) is 51.3 Å². The molecule has 0 unspecified atom stereocenters. The van der Waals surface area contributed by atoms with Gasteiger partial charge in [-0.2, -0.15) is 0 Å². The Balaban J connectivity index is 0.00000338. The summed E-state index contributed by atoms with van der Waals surface area (Å²) in [5, 5.41) is 3.37. The second-order valence-electron chi connectivity index (χ2n) is 5.93. The van der Waals surface area contributed by atoms with Gasteiger partial charge in [0.25, 0.3) is 0 Å². The van der Waals surface area contributed by atoms with Crippen LogP contribution in [0.4, 0.5) is 5.82 Å². The first kappa shape index (κ1) is 22.5. The van der Waals surface area contributed by atoms with Crippen LogP contribution >= 0.6 is 24.0 Å². The van der Waals surface area contributed by atoms with Gasteiger partial charge in [-0.3, -0.25) is 9.79 Å². The third-order valence-electron chi connectivity index (χ3n) is 4.17. The Morgan fingerprint density at radius 3 is 2.65 bits per heavy atom. The minimum atomic E-state index is -0.151. The van der Waals surface area contributed by atoms with Gasteiger partial charge >= 0.3 is 5.97 Å². The first-order valence-corrected chi connectivity index (χ1v) is 9.00. The van der Waals surface area contributed by atoms with Crippen molar-refractivity contribution in [3.05, 3.63) is 24.4 Å². The van der Waals surface area contributed by atoms with Crippen molar-refractivity contribution in [2.45, 2.75) is 26.2 Å². The number of aliphatic imine (C=N–C) groups is 1. The van der Waals surface area contributed by atoms with E-state index in [1.165, 1.54) is 7.11 Å². The molecule has 0 saturated carbocycles. The fourth-order valence-electron chi connectivity index (χ4n) is 2.78. The maximum Gasteiger partial charge on any atom is 0.305 e. The molecule has 7 nitrogen and oxygen atoms in total. The molecule has 1 saturated heterocycles. The Morgan fingerprint density at radius 1 is 1.27 bits per heavy atom. The number of esters is 1. The molecule has 8 heteroatoms. The summed E-state index contributed by atoms with van der Waals surface area (Å²) in [5.74, 6) is 1.84. The van der Waals surface area contributed by atoms with E-state index in [2.05, 4.69) is 37.8 Å². The number of rotatable bonds is 7. The predicted octanol–water partition coefficient (Wildman–Crippen LogP) is 2.13. The summed E-state index contributed by atoms with van der Waals surface area (Å²) in [6.07, 6.45) is 3.99. The maximum absolute atomic E-state index is 11.1. The number of piperazine rings is 1. The molecule has 0 atom stereocenters. The van der Waals surface area contributed by atoms with Gasteiger partial charge in [-0.1, -0.05) is 6.07 Å². The van der Waals surface area contributed by atoms with Gasteiger partial charge < -0.3 is 19.9 Å². The minimum Gasteiger partial charge on any atom is -0.469 e. The maximum atomic E-state index is 11.1. The Hall–Kier alpha value is -1.58. The lowest BCUT2D eigenvalue weighted by Crippen LogP contribution is -2.52. The second kappa shape index (κ2) is 12.7. The zero-order chi connectivity index (χ0) is 17.9. The Kier molecular flexibility index (Phi) is 11.0. The van der Waals surface area contributed by atoms with Gasteiger partial charge in [0.15, 0.2) is 5.96 Å². The summed E-state index contributed by atoms with van der Waals surface area (Å²) < 4.78 is 4.65. The van der Waals surface area contributed by atoms with Crippen LogP contribution in [0.15, 0.2) is 29.4 Å². The number of halogens is 1. The monoisotopic (exact) mass is 475 g/mol. The van der Waals surface area contributed by atoms with Gasteiger partial charge in [-0.05, 0) is 31.9 Å². The highest BCUT2D eigenvalue weighted by Gasteiger charge is 2.20. The number of nitrogens with zero attached hydrogens (tertiary/aromatic N) is 4.